The summed E-state index contributed by atoms with van der Waals surface area (Å²) in [6.45, 7) is 1.94. The van der Waals surface area contributed by atoms with E-state index in [2.05, 4.69) is 0 Å². The molecule has 0 amide bonds. The minimum Gasteiger partial charge on any atom is -0.330 e. The van der Waals surface area contributed by atoms with Crippen LogP contribution in [-0.2, 0) is 10.1 Å². The number of hydrogen-bond donors (Lipinski definition) is 2. The first kappa shape index (κ1) is 8.87. The fourth-order valence-electron chi connectivity index (χ4n) is 0.428. The zero-order valence-corrected chi connectivity index (χ0v) is 6.06. The zero-order chi connectivity index (χ0) is 7.49. The Labute approximate surface area is 54.8 Å². The molecule has 0 unspecified atom stereocenters. The van der Waals surface area contributed by atoms with Gasteiger partial charge in [-0.05, 0) is 12.5 Å². The van der Waals surface area contributed by atoms with Crippen LogP contribution in [-0.4, -0.2) is 25.3 Å². The van der Waals surface area contributed by atoms with Crippen LogP contribution in [0.1, 0.15) is 6.92 Å². The van der Waals surface area contributed by atoms with Gasteiger partial charge >= 0.3 is 0 Å². The Balaban J connectivity index is 3.75. The Morgan fingerprint density at radius 1 is 1.67 bits per heavy atom. The van der Waals surface area contributed by atoms with Crippen LogP contribution in [0.5, 0.6) is 0 Å². The Hall–Kier alpha value is -0.130. The first-order chi connectivity index (χ1) is 3.95. The molecule has 0 radical (unpaired) electrons. The van der Waals surface area contributed by atoms with Crippen molar-refractivity contribution in [2.24, 2.45) is 11.7 Å². The standard InChI is InChI=1S/C4H11NO3S/c1-4(2-5)3-9(6,7)8/h4H,2-3,5H2,1H3,(H,6,7,8)/t4-/m0/s1. The molecule has 0 saturated carbocycles. The molecule has 0 aromatic heterocycles. The number of rotatable bonds is 3. The van der Waals surface area contributed by atoms with Gasteiger partial charge in [0.1, 0.15) is 0 Å². The molecule has 0 saturated heterocycles. The zero-order valence-electron chi connectivity index (χ0n) is 5.24. The van der Waals surface area contributed by atoms with E-state index >= 15 is 0 Å². The summed E-state index contributed by atoms with van der Waals surface area (Å²) in [5.41, 5.74) is 5.10. The lowest BCUT2D eigenvalue weighted by molar-refractivity contribution is 0.470. The van der Waals surface area contributed by atoms with E-state index in [1.807, 2.05) is 0 Å². The summed E-state index contributed by atoms with van der Waals surface area (Å²) in [7, 11) is -3.82. The maximum Gasteiger partial charge on any atom is 0.265 e. The third-order valence-corrected chi connectivity index (χ3v) is 1.89. The van der Waals surface area contributed by atoms with E-state index in [9.17, 15) is 8.42 Å². The molecule has 0 aromatic rings. The van der Waals surface area contributed by atoms with Gasteiger partial charge in [0.15, 0.2) is 0 Å². The summed E-state index contributed by atoms with van der Waals surface area (Å²) in [6.07, 6.45) is 0. The van der Waals surface area contributed by atoms with Gasteiger partial charge < -0.3 is 5.73 Å². The number of nitrogens with two attached hydrogens (primary N) is 1. The van der Waals surface area contributed by atoms with Crippen molar-refractivity contribution in [1.29, 1.82) is 0 Å². The van der Waals surface area contributed by atoms with Gasteiger partial charge in [-0.1, -0.05) is 6.92 Å². The third kappa shape index (κ3) is 5.75. The van der Waals surface area contributed by atoms with Crippen molar-refractivity contribution in [2.45, 2.75) is 6.92 Å². The summed E-state index contributed by atoms with van der Waals surface area (Å²) in [6, 6.07) is 0. The average molecular weight is 153 g/mol. The van der Waals surface area contributed by atoms with Crippen LogP contribution in [0.15, 0.2) is 0 Å². The molecule has 0 aliphatic heterocycles. The van der Waals surface area contributed by atoms with Gasteiger partial charge in [0.2, 0.25) is 0 Å². The summed E-state index contributed by atoms with van der Waals surface area (Å²) in [5, 5.41) is 0. The molecule has 0 bridgehead atoms. The van der Waals surface area contributed by atoms with E-state index in [1.54, 1.807) is 6.92 Å². The van der Waals surface area contributed by atoms with Gasteiger partial charge in [0.25, 0.3) is 10.1 Å². The Kier molecular flexibility index (Phi) is 3.10. The maximum absolute atomic E-state index is 10.1. The largest absolute Gasteiger partial charge is 0.330 e. The summed E-state index contributed by atoms with van der Waals surface area (Å²) in [4.78, 5) is 0. The minimum atomic E-state index is -3.82. The fraction of sp³-hybridized carbons (Fsp3) is 1.00. The predicted octanol–water partition coefficient (Wildman–Crippen LogP) is -0.531. The van der Waals surface area contributed by atoms with Crippen LogP contribution in [0, 0.1) is 5.92 Å². The minimum absolute atomic E-state index is 0.167. The summed E-state index contributed by atoms with van der Waals surface area (Å²) in [5.74, 6) is -0.413. The molecule has 0 heterocycles. The molecule has 1 atom stereocenters. The van der Waals surface area contributed by atoms with Crippen LogP contribution in [0.4, 0.5) is 0 Å². The first-order valence-electron chi connectivity index (χ1n) is 2.61. The fourth-order valence-corrected chi connectivity index (χ4v) is 1.28. The molecule has 0 aliphatic rings. The van der Waals surface area contributed by atoms with Gasteiger partial charge in [0.05, 0.1) is 5.75 Å². The van der Waals surface area contributed by atoms with Crippen molar-refractivity contribution in [1.82, 2.24) is 0 Å². The van der Waals surface area contributed by atoms with Crippen molar-refractivity contribution in [2.75, 3.05) is 12.3 Å². The van der Waals surface area contributed by atoms with E-state index in [1.165, 1.54) is 0 Å². The molecule has 5 heteroatoms. The molecule has 4 nitrogen and oxygen atoms in total. The topological polar surface area (TPSA) is 80.4 Å². The van der Waals surface area contributed by atoms with E-state index in [0.717, 1.165) is 0 Å². The van der Waals surface area contributed by atoms with Crippen LogP contribution < -0.4 is 5.73 Å². The highest BCUT2D eigenvalue weighted by Crippen LogP contribution is 1.95. The molecule has 0 fully saturated rings. The van der Waals surface area contributed by atoms with Crippen LogP contribution >= 0.6 is 0 Å². The normalized spacial score (nSPS) is 15.4. The highest BCUT2D eigenvalue weighted by atomic mass is 32.2. The van der Waals surface area contributed by atoms with Gasteiger partial charge in [0, 0.05) is 0 Å². The van der Waals surface area contributed by atoms with Crippen molar-refractivity contribution in [3.63, 3.8) is 0 Å². The van der Waals surface area contributed by atoms with Crippen molar-refractivity contribution in [3.05, 3.63) is 0 Å². The lowest BCUT2D eigenvalue weighted by Gasteiger charge is -2.02. The molecule has 0 spiro atoms. The summed E-state index contributed by atoms with van der Waals surface area (Å²) < 4.78 is 28.4. The van der Waals surface area contributed by atoms with Crippen LogP contribution in [0.2, 0.25) is 0 Å². The molecular weight excluding hydrogens is 142 g/mol. The van der Waals surface area contributed by atoms with Crippen molar-refractivity contribution >= 4 is 10.1 Å². The maximum atomic E-state index is 10.1. The van der Waals surface area contributed by atoms with E-state index in [4.69, 9.17) is 10.3 Å². The van der Waals surface area contributed by atoms with Gasteiger partial charge in [-0.2, -0.15) is 8.42 Å². The third-order valence-electron chi connectivity index (χ3n) is 0.898. The average Bonchev–Trinajstić information content (AvgIpc) is 1.62. The molecule has 0 aliphatic carbocycles. The van der Waals surface area contributed by atoms with E-state index in [0.29, 0.717) is 0 Å². The second-order valence-corrected chi connectivity index (χ2v) is 3.59. The smallest absolute Gasteiger partial charge is 0.265 e. The quantitative estimate of drug-likeness (QED) is 0.534. The molecule has 9 heavy (non-hydrogen) atoms. The monoisotopic (exact) mass is 153 g/mol. The molecule has 56 valence electrons. The Morgan fingerprint density at radius 2 is 2.11 bits per heavy atom. The van der Waals surface area contributed by atoms with Gasteiger partial charge in [-0.15, -0.1) is 0 Å². The molecular formula is C4H11NO3S. The predicted molar refractivity (Wildman–Crippen MR) is 34.6 cm³/mol. The molecule has 3 N–H and O–H groups in total. The van der Waals surface area contributed by atoms with Gasteiger partial charge in [-0.25, -0.2) is 0 Å². The lowest BCUT2D eigenvalue weighted by Crippen LogP contribution is -2.20. The van der Waals surface area contributed by atoms with Gasteiger partial charge in [-0.3, -0.25) is 4.55 Å². The Morgan fingerprint density at radius 3 is 2.22 bits per heavy atom. The van der Waals surface area contributed by atoms with Crippen LogP contribution in [0.3, 0.4) is 0 Å². The number of hydrogen-bond acceptors (Lipinski definition) is 3. The molecule has 0 rings (SSSR count). The second kappa shape index (κ2) is 3.14. The first-order valence-corrected chi connectivity index (χ1v) is 4.22. The van der Waals surface area contributed by atoms with Crippen molar-refractivity contribution in [3.8, 4) is 0 Å². The lowest BCUT2D eigenvalue weighted by atomic mass is 10.2. The van der Waals surface area contributed by atoms with Crippen LogP contribution in [0.25, 0.3) is 0 Å². The molecule has 0 aromatic carbocycles. The van der Waals surface area contributed by atoms with E-state index < -0.39 is 10.1 Å². The summed E-state index contributed by atoms with van der Waals surface area (Å²) >= 11 is 0. The highest BCUT2D eigenvalue weighted by Gasteiger charge is 2.09. The highest BCUT2D eigenvalue weighted by molar-refractivity contribution is 7.85. The SMILES string of the molecule is C[C@@H](CN)CS(=O)(=O)O. The second-order valence-electron chi connectivity index (χ2n) is 2.09. The van der Waals surface area contributed by atoms with Crippen molar-refractivity contribution < 1.29 is 13.0 Å². The van der Waals surface area contributed by atoms with E-state index in [-0.39, 0.29) is 18.2 Å². The Bertz CT molecular complexity index is 163.